The maximum absolute atomic E-state index is 12.5. The highest BCUT2D eigenvalue weighted by molar-refractivity contribution is 5.79. The molecule has 7 nitrogen and oxygen atoms in total. The summed E-state index contributed by atoms with van der Waals surface area (Å²) in [7, 11) is 1.95. The minimum atomic E-state index is -0.813. The number of hydrogen-bond acceptors (Lipinski definition) is 6. The van der Waals surface area contributed by atoms with Gasteiger partial charge in [-0.2, -0.15) is 0 Å². The van der Waals surface area contributed by atoms with Crippen LogP contribution in [0.3, 0.4) is 0 Å². The summed E-state index contributed by atoms with van der Waals surface area (Å²) in [6.45, 7) is 7.78. The van der Waals surface area contributed by atoms with E-state index >= 15 is 0 Å². The molecule has 0 saturated carbocycles. The van der Waals surface area contributed by atoms with E-state index in [9.17, 15) is 4.79 Å². The molecule has 3 N–H and O–H groups in total. The number of nitrogens with zero attached hydrogens (tertiary/aromatic N) is 1. The zero-order valence-electron chi connectivity index (χ0n) is 34.8. The third kappa shape index (κ3) is 37.1. The molecule has 2 atom stereocenters. The van der Waals surface area contributed by atoms with Crippen LogP contribution in [0.5, 0.6) is 0 Å². The van der Waals surface area contributed by atoms with Crippen molar-refractivity contribution in [3.05, 3.63) is 24.3 Å². The number of ether oxygens (including phenoxy) is 3. The lowest BCUT2D eigenvalue weighted by Crippen LogP contribution is -2.45. The number of unbranched alkanes of at least 4 members (excludes halogenated alkanes) is 24. The fourth-order valence-electron chi connectivity index (χ4n) is 6.44. The summed E-state index contributed by atoms with van der Waals surface area (Å²) in [5.41, 5.74) is 5.82. The average molecular weight is 737 g/mol. The lowest BCUT2D eigenvalue weighted by atomic mass is 10.1. The third-order valence-corrected chi connectivity index (χ3v) is 9.94. The van der Waals surface area contributed by atoms with E-state index in [0.717, 1.165) is 25.7 Å². The summed E-state index contributed by atoms with van der Waals surface area (Å²) in [4.78, 5) is 14.5. The molecule has 52 heavy (non-hydrogen) atoms. The van der Waals surface area contributed by atoms with Crippen molar-refractivity contribution < 1.29 is 24.1 Å². The van der Waals surface area contributed by atoms with Crippen molar-refractivity contribution in [2.45, 2.75) is 206 Å². The van der Waals surface area contributed by atoms with Gasteiger partial charge in [0, 0.05) is 26.3 Å². The Morgan fingerprint density at radius 1 is 0.558 bits per heavy atom. The molecule has 0 heterocycles. The summed E-state index contributed by atoms with van der Waals surface area (Å²) in [5, 5.41) is 9.16. The fourth-order valence-corrected chi connectivity index (χ4v) is 6.44. The van der Waals surface area contributed by atoms with Crippen LogP contribution >= 0.6 is 0 Å². The number of primary amides is 1. The topological polar surface area (TPSA) is 94.2 Å². The SMILES string of the molecule is CCCCCCCCC=CCCCCCCCCOC(COCCN(C)CCO)C(OCCCCCCCCC=CCCCCCCCC)C(N)=O. The number of aliphatic hydroxyl groups is 1. The fraction of sp³-hybridized carbons (Fsp3) is 0.889. The maximum atomic E-state index is 12.5. The van der Waals surface area contributed by atoms with Crippen molar-refractivity contribution in [3.8, 4) is 0 Å². The molecule has 2 unspecified atom stereocenters. The van der Waals surface area contributed by atoms with E-state index in [1.54, 1.807) is 0 Å². The van der Waals surface area contributed by atoms with E-state index < -0.39 is 18.1 Å². The highest BCUT2D eigenvalue weighted by atomic mass is 16.6. The Kier molecular flexibility index (Phi) is 41.5. The number of carbonyl (C=O) groups excluding carboxylic acids is 1. The van der Waals surface area contributed by atoms with Crippen molar-refractivity contribution in [1.82, 2.24) is 4.90 Å². The van der Waals surface area contributed by atoms with Gasteiger partial charge in [0.15, 0.2) is 6.10 Å². The van der Waals surface area contributed by atoms with E-state index in [1.807, 2.05) is 11.9 Å². The van der Waals surface area contributed by atoms with Gasteiger partial charge in [-0.3, -0.25) is 4.79 Å². The number of hydrogen-bond donors (Lipinski definition) is 2. The molecule has 308 valence electrons. The molecule has 0 aromatic carbocycles. The summed E-state index contributed by atoms with van der Waals surface area (Å²) < 4.78 is 18.2. The van der Waals surface area contributed by atoms with Crippen LogP contribution in [0.1, 0.15) is 194 Å². The molecule has 0 spiro atoms. The number of allylic oxidation sites excluding steroid dienone is 4. The molecule has 0 saturated heterocycles. The molecule has 0 bridgehead atoms. The number of nitrogens with two attached hydrogens (primary N) is 1. The molecule has 0 aliphatic carbocycles. The van der Waals surface area contributed by atoms with Gasteiger partial charge in [0.25, 0.3) is 0 Å². The van der Waals surface area contributed by atoms with Crippen molar-refractivity contribution in [2.75, 3.05) is 53.2 Å². The maximum Gasteiger partial charge on any atom is 0.249 e. The number of carbonyl (C=O) groups is 1. The van der Waals surface area contributed by atoms with Gasteiger partial charge in [0.05, 0.1) is 19.8 Å². The van der Waals surface area contributed by atoms with Crippen LogP contribution in [-0.2, 0) is 19.0 Å². The van der Waals surface area contributed by atoms with Crippen molar-refractivity contribution in [1.29, 1.82) is 0 Å². The lowest BCUT2D eigenvalue weighted by molar-refractivity contribution is -0.148. The first-order valence-electron chi connectivity index (χ1n) is 22.3. The molecule has 1 amide bonds. The van der Waals surface area contributed by atoms with Gasteiger partial charge >= 0.3 is 0 Å². The second kappa shape index (κ2) is 42.5. The first-order valence-corrected chi connectivity index (χ1v) is 22.3. The van der Waals surface area contributed by atoms with Crippen LogP contribution < -0.4 is 5.73 Å². The molecule has 0 aliphatic heterocycles. The summed E-state index contributed by atoms with van der Waals surface area (Å²) >= 11 is 0. The number of aliphatic hydroxyl groups excluding tert-OH is 1. The Hall–Kier alpha value is -1.25. The van der Waals surface area contributed by atoms with Gasteiger partial charge in [-0.15, -0.1) is 0 Å². The Bertz CT molecular complexity index is 777. The molecular formula is C45H88N2O5. The third-order valence-electron chi connectivity index (χ3n) is 9.94. The van der Waals surface area contributed by atoms with Gasteiger partial charge in [0.2, 0.25) is 5.91 Å². The van der Waals surface area contributed by atoms with Gasteiger partial charge < -0.3 is 30.0 Å². The minimum Gasteiger partial charge on any atom is -0.395 e. The molecule has 0 aromatic rings. The molecule has 0 aliphatic rings. The van der Waals surface area contributed by atoms with Crippen LogP contribution in [-0.4, -0.2) is 81.3 Å². The van der Waals surface area contributed by atoms with Crippen LogP contribution in [0, 0.1) is 0 Å². The number of rotatable bonds is 43. The zero-order chi connectivity index (χ0) is 38.0. The largest absolute Gasteiger partial charge is 0.395 e. The summed E-state index contributed by atoms with van der Waals surface area (Å²) in [6, 6.07) is 0. The molecule has 7 heteroatoms. The van der Waals surface area contributed by atoms with Gasteiger partial charge in [-0.1, -0.05) is 154 Å². The standard InChI is InChI=1S/C45H88N2O5/c1-4-6-8-10-12-14-16-18-20-22-24-26-28-30-32-34-39-51-43(42-50-41-37-47(3)36-38-48)44(45(46)49)52-40-35-33-31-29-27-25-23-21-19-17-15-13-11-9-7-5-2/h18-21,43-44,48H,4-17,22-42H2,1-3H3,(H2,46,49). The van der Waals surface area contributed by atoms with Crippen LogP contribution in [0.4, 0.5) is 0 Å². The Morgan fingerprint density at radius 2 is 0.942 bits per heavy atom. The van der Waals surface area contributed by atoms with E-state index in [1.165, 1.54) is 154 Å². The second-order valence-electron chi connectivity index (χ2n) is 15.1. The Balaban J connectivity index is 4.24. The van der Waals surface area contributed by atoms with E-state index in [2.05, 4.69) is 38.2 Å². The minimum absolute atomic E-state index is 0.118. The van der Waals surface area contributed by atoms with Gasteiger partial charge in [-0.25, -0.2) is 0 Å². The van der Waals surface area contributed by atoms with Crippen LogP contribution in [0.15, 0.2) is 24.3 Å². The normalized spacial score (nSPS) is 13.2. The Labute approximate surface area is 323 Å². The number of amides is 1. The van der Waals surface area contributed by atoms with E-state index in [-0.39, 0.29) is 13.2 Å². The highest BCUT2D eigenvalue weighted by Crippen LogP contribution is 2.14. The zero-order valence-corrected chi connectivity index (χ0v) is 34.8. The van der Waals surface area contributed by atoms with Gasteiger partial charge in [-0.05, 0) is 71.3 Å². The Morgan fingerprint density at radius 3 is 1.35 bits per heavy atom. The smallest absolute Gasteiger partial charge is 0.249 e. The second-order valence-corrected chi connectivity index (χ2v) is 15.1. The van der Waals surface area contributed by atoms with Crippen molar-refractivity contribution in [2.24, 2.45) is 5.73 Å². The summed E-state index contributed by atoms with van der Waals surface area (Å²) in [6.07, 6.45) is 43.5. The first kappa shape index (κ1) is 50.8. The van der Waals surface area contributed by atoms with Gasteiger partial charge in [0.1, 0.15) is 6.10 Å². The molecular weight excluding hydrogens is 649 g/mol. The predicted molar refractivity (Wildman–Crippen MR) is 223 cm³/mol. The predicted octanol–water partition coefficient (Wildman–Crippen LogP) is 11.3. The van der Waals surface area contributed by atoms with E-state index in [0.29, 0.717) is 32.9 Å². The first-order chi connectivity index (χ1) is 25.6. The summed E-state index contributed by atoms with van der Waals surface area (Å²) in [5.74, 6) is -0.489. The highest BCUT2D eigenvalue weighted by Gasteiger charge is 2.28. The van der Waals surface area contributed by atoms with E-state index in [4.69, 9.17) is 25.1 Å². The van der Waals surface area contributed by atoms with Crippen LogP contribution in [0.2, 0.25) is 0 Å². The van der Waals surface area contributed by atoms with Crippen molar-refractivity contribution in [3.63, 3.8) is 0 Å². The molecule has 0 radical (unpaired) electrons. The number of likely N-dealkylation sites (N-methyl/N-ethyl adjacent to an activating group) is 1. The molecule has 0 fully saturated rings. The van der Waals surface area contributed by atoms with Crippen LogP contribution in [0.25, 0.3) is 0 Å². The quantitative estimate of drug-likeness (QED) is 0.0478. The lowest BCUT2D eigenvalue weighted by Gasteiger charge is -2.26. The van der Waals surface area contributed by atoms with Crippen molar-refractivity contribution >= 4 is 5.91 Å². The molecule has 0 aromatic heterocycles. The average Bonchev–Trinajstić information content (AvgIpc) is 3.13. The molecule has 0 rings (SSSR count). The monoisotopic (exact) mass is 737 g/mol.